The van der Waals surface area contributed by atoms with Crippen molar-refractivity contribution in [3.8, 4) is 0 Å². The van der Waals surface area contributed by atoms with E-state index < -0.39 is 0 Å². The molecule has 0 bridgehead atoms. The van der Waals surface area contributed by atoms with E-state index in [9.17, 15) is 0 Å². The fourth-order valence-electron chi connectivity index (χ4n) is 3.06. The maximum Gasteiger partial charge on any atom is 0.125 e. The van der Waals surface area contributed by atoms with Gasteiger partial charge in [0.05, 0.1) is 11.7 Å². The number of hydrogen-bond donors (Lipinski definition) is 1. The Labute approximate surface area is 127 Å². The number of aryl methyl sites for hydroxylation is 1. The number of hydrogen-bond acceptors (Lipinski definition) is 4. The minimum atomic E-state index is -0.183. The number of nitrogens with one attached hydrogen (secondary N) is 1. The molecule has 1 aromatic heterocycles. The highest BCUT2D eigenvalue weighted by Gasteiger charge is 2.34. The van der Waals surface area contributed by atoms with Gasteiger partial charge in [-0.25, -0.2) is 4.98 Å². The van der Waals surface area contributed by atoms with Crippen LogP contribution in [0.3, 0.4) is 0 Å². The average Bonchev–Trinajstić information content (AvgIpc) is 2.92. The van der Waals surface area contributed by atoms with Crippen molar-refractivity contribution >= 4 is 11.3 Å². The number of ether oxygens (including phenoxy) is 1. The van der Waals surface area contributed by atoms with E-state index in [0.717, 1.165) is 19.4 Å². The van der Waals surface area contributed by atoms with Gasteiger partial charge < -0.3 is 10.1 Å². The van der Waals surface area contributed by atoms with Crippen molar-refractivity contribution in [1.29, 1.82) is 0 Å². The summed E-state index contributed by atoms with van der Waals surface area (Å²) >= 11 is 1.88. The molecule has 0 saturated carbocycles. The molecular formula is C16H28N2OS. The van der Waals surface area contributed by atoms with Gasteiger partial charge in [-0.2, -0.15) is 0 Å². The van der Waals surface area contributed by atoms with Crippen LogP contribution in [0.1, 0.15) is 74.5 Å². The Kier molecular flexibility index (Phi) is 5.58. The summed E-state index contributed by atoms with van der Waals surface area (Å²) in [7, 11) is 1.82. The van der Waals surface area contributed by atoms with Crippen molar-refractivity contribution in [2.75, 3.05) is 13.7 Å². The van der Waals surface area contributed by atoms with E-state index in [1.54, 1.807) is 0 Å². The molecule has 0 saturated heterocycles. The summed E-state index contributed by atoms with van der Waals surface area (Å²) in [6, 6.07) is 0.451. The Morgan fingerprint density at radius 1 is 1.35 bits per heavy atom. The summed E-state index contributed by atoms with van der Waals surface area (Å²) in [6.07, 6.45) is 6.82. The molecular weight excluding hydrogens is 268 g/mol. The van der Waals surface area contributed by atoms with Gasteiger partial charge in [0, 0.05) is 12.0 Å². The molecule has 0 aliphatic heterocycles. The molecule has 0 aromatic carbocycles. The van der Waals surface area contributed by atoms with Crippen LogP contribution in [0.4, 0.5) is 0 Å². The molecule has 1 heterocycles. The lowest BCUT2D eigenvalue weighted by Gasteiger charge is -2.27. The van der Waals surface area contributed by atoms with Crippen molar-refractivity contribution in [2.45, 2.75) is 70.9 Å². The predicted octanol–water partition coefficient (Wildman–Crippen LogP) is 4.18. The number of nitrogens with zero attached hydrogens (tertiary/aromatic N) is 1. The maximum atomic E-state index is 5.84. The van der Waals surface area contributed by atoms with Gasteiger partial charge in [0.1, 0.15) is 10.6 Å². The quantitative estimate of drug-likeness (QED) is 0.819. The van der Waals surface area contributed by atoms with Crippen molar-refractivity contribution in [1.82, 2.24) is 10.3 Å². The van der Waals surface area contributed by atoms with Crippen LogP contribution in [0.15, 0.2) is 0 Å². The van der Waals surface area contributed by atoms with E-state index in [-0.39, 0.29) is 5.60 Å². The Morgan fingerprint density at radius 3 is 2.70 bits per heavy atom. The first kappa shape index (κ1) is 15.9. The Morgan fingerprint density at radius 2 is 2.10 bits per heavy atom. The first-order valence-electron chi connectivity index (χ1n) is 7.99. The largest absolute Gasteiger partial charge is 0.371 e. The van der Waals surface area contributed by atoms with Crippen molar-refractivity contribution < 1.29 is 4.74 Å². The van der Waals surface area contributed by atoms with Crippen molar-refractivity contribution in [3.63, 3.8) is 0 Å². The second-order valence-electron chi connectivity index (χ2n) is 5.63. The van der Waals surface area contributed by atoms with Gasteiger partial charge in [-0.15, -0.1) is 11.3 Å². The highest BCUT2D eigenvalue weighted by Crippen LogP contribution is 2.40. The van der Waals surface area contributed by atoms with Crippen LogP contribution in [0.25, 0.3) is 0 Å². The number of rotatable bonds is 7. The lowest BCUT2D eigenvalue weighted by Crippen LogP contribution is -2.28. The van der Waals surface area contributed by atoms with E-state index in [2.05, 4.69) is 26.1 Å². The van der Waals surface area contributed by atoms with Crippen LogP contribution >= 0.6 is 11.3 Å². The monoisotopic (exact) mass is 296 g/mol. The molecule has 0 amide bonds. The van der Waals surface area contributed by atoms with Crippen molar-refractivity contribution in [3.05, 3.63) is 15.6 Å². The molecule has 114 valence electrons. The summed E-state index contributed by atoms with van der Waals surface area (Å²) in [5.74, 6) is 0. The Bertz CT molecular complexity index is 418. The molecule has 1 atom stereocenters. The second-order valence-corrected chi connectivity index (χ2v) is 6.72. The summed E-state index contributed by atoms with van der Waals surface area (Å²) in [4.78, 5) is 6.48. The Hall–Kier alpha value is -0.450. The molecule has 0 spiro atoms. The fourth-order valence-corrected chi connectivity index (χ4v) is 4.53. The molecule has 1 aromatic rings. The summed E-state index contributed by atoms with van der Waals surface area (Å²) in [6.45, 7) is 7.68. The van der Waals surface area contributed by atoms with E-state index in [4.69, 9.17) is 9.72 Å². The molecule has 0 radical (unpaired) electrons. The molecule has 3 nitrogen and oxygen atoms in total. The third kappa shape index (κ3) is 2.92. The molecule has 2 rings (SSSR count). The van der Waals surface area contributed by atoms with Gasteiger partial charge in [0.25, 0.3) is 0 Å². The van der Waals surface area contributed by atoms with Crippen LogP contribution in [-0.2, 0) is 16.8 Å². The Balaban J connectivity index is 2.29. The molecule has 1 N–H and O–H groups in total. The topological polar surface area (TPSA) is 34.1 Å². The average molecular weight is 296 g/mol. The number of fused-ring (bicyclic) bond motifs is 1. The number of thiazole rings is 1. The minimum absolute atomic E-state index is 0.183. The molecule has 0 fully saturated rings. The first-order valence-corrected chi connectivity index (χ1v) is 8.81. The molecule has 1 unspecified atom stereocenters. The zero-order chi connectivity index (χ0) is 14.6. The minimum Gasteiger partial charge on any atom is -0.371 e. The molecule has 20 heavy (non-hydrogen) atoms. The summed E-state index contributed by atoms with van der Waals surface area (Å²) in [5, 5.41) is 4.83. The first-order chi connectivity index (χ1) is 9.70. The molecule has 1 aliphatic carbocycles. The van der Waals surface area contributed by atoms with Gasteiger partial charge >= 0.3 is 0 Å². The molecule has 1 aliphatic rings. The lowest BCUT2D eigenvalue weighted by atomic mass is 9.96. The van der Waals surface area contributed by atoms with Gasteiger partial charge in [0.2, 0.25) is 0 Å². The van der Waals surface area contributed by atoms with E-state index >= 15 is 0 Å². The lowest BCUT2D eigenvalue weighted by molar-refractivity contribution is -0.0220. The summed E-state index contributed by atoms with van der Waals surface area (Å²) < 4.78 is 5.84. The van der Waals surface area contributed by atoms with Crippen molar-refractivity contribution in [2.24, 2.45) is 0 Å². The zero-order valence-electron chi connectivity index (χ0n) is 13.3. The van der Waals surface area contributed by atoms with E-state index in [1.165, 1.54) is 41.3 Å². The van der Waals surface area contributed by atoms with Crippen LogP contribution in [0, 0.1) is 0 Å². The van der Waals surface area contributed by atoms with Crippen LogP contribution in [0.2, 0.25) is 0 Å². The number of methoxy groups -OCH3 is 1. The van der Waals surface area contributed by atoms with Gasteiger partial charge in [-0.1, -0.05) is 20.8 Å². The zero-order valence-corrected chi connectivity index (χ0v) is 14.1. The SMILES string of the molecule is CCCNC1CCCc2sc(C(CC)(CC)OC)nc21. The third-order valence-corrected chi connectivity index (χ3v) is 5.83. The predicted molar refractivity (Wildman–Crippen MR) is 85.4 cm³/mol. The van der Waals surface area contributed by atoms with Crippen LogP contribution in [0.5, 0.6) is 0 Å². The maximum absolute atomic E-state index is 5.84. The van der Waals surface area contributed by atoms with E-state index in [0.29, 0.717) is 6.04 Å². The van der Waals surface area contributed by atoms with Gasteiger partial charge in [0.15, 0.2) is 0 Å². The highest BCUT2D eigenvalue weighted by molar-refractivity contribution is 7.11. The molecule has 4 heteroatoms. The highest BCUT2D eigenvalue weighted by atomic mass is 32.1. The smallest absolute Gasteiger partial charge is 0.125 e. The van der Waals surface area contributed by atoms with Gasteiger partial charge in [-0.3, -0.25) is 0 Å². The van der Waals surface area contributed by atoms with Gasteiger partial charge in [-0.05, 0) is 45.1 Å². The summed E-state index contributed by atoms with van der Waals surface area (Å²) in [5.41, 5.74) is 1.12. The standard InChI is InChI=1S/C16H28N2OS/c1-5-11-17-12-9-8-10-13-14(12)18-15(20-13)16(6-2,7-3)19-4/h12,17H,5-11H2,1-4H3. The normalized spacial score (nSPS) is 19.1. The third-order valence-electron chi connectivity index (χ3n) is 4.52. The van der Waals surface area contributed by atoms with Crippen LogP contribution < -0.4 is 5.32 Å². The van der Waals surface area contributed by atoms with Crippen LogP contribution in [-0.4, -0.2) is 18.6 Å². The fraction of sp³-hybridized carbons (Fsp3) is 0.812. The second kappa shape index (κ2) is 7.01. The van der Waals surface area contributed by atoms with E-state index in [1.807, 2.05) is 18.4 Å². The number of aromatic nitrogens is 1.